The number of carboxylic acid groups (broad SMARTS) is 1. The first kappa shape index (κ1) is 24.2. The number of allylic oxidation sites excluding steroid dienone is 2. The van der Waals surface area contributed by atoms with Gasteiger partial charge in [-0.2, -0.15) is 0 Å². The van der Waals surface area contributed by atoms with Crippen LogP contribution in [0, 0.1) is 0 Å². The molecule has 0 heterocycles. The quantitative estimate of drug-likeness (QED) is 0.253. The van der Waals surface area contributed by atoms with E-state index in [2.05, 4.69) is 12.2 Å². The highest BCUT2D eigenvalue weighted by Crippen LogP contribution is 2.11. The summed E-state index contributed by atoms with van der Waals surface area (Å²) < 4.78 is 22.0. The van der Waals surface area contributed by atoms with Crippen molar-refractivity contribution in [2.45, 2.75) is 96.3 Å². The summed E-state index contributed by atoms with van der Waals surface area (Å²) in [5.74, 6) is -0.352. The van der Waals surface area contributed by atoms with Gasteiger partial charge in [0.25, 0.3) is 0 Å². The minimum atomic E-state index is -2.78. The molecule has 0 aliphatic heterocycles. The Balaban J connectivity index is 3.17. The minimum Gasteiger partial charge on any atom is -0.481 e. The van der Waals surface area contributed by atoms with Crippen molar-refractivity contribution >= 4 is 15.8 Å². The summed E-state index contributed by atoms with van der Waals surface area (Å²) in [5, 5.41) is 8.54. The summed E-state index contributed by atoms with van der Waals surface area (Å²) in [6, 6.07) is 0. The van der Waals surface area contributed by atoms with Gasteiger partial charge in [0.05, 0.1) is 0 Å². The zero-order valence-electron chi connectivity index (χ0n) is 16.0. The van der Waals surface area contributed by atoms with Gasteiger partial charge in [0.2, 0.25) is 0 Å². The second kappa shape index (κ2) is 16.6. The van der Waals surface area contributed by atoms with E-state index in [1.165, 1.54) is 44.8 Å². The highest BCUT2D eigenvalue weighted by molar-refractivity contribution is 7.90. The van der Waals surface area contributed by atoms with Crippen molar-refractivity contribution in [1.82, 2.24) is 0 Å². The predicted octanol–water partition coefficient (Wildman–Crippen LogP) is 5.52. The van der Waals surface area contributed by atoms with Gasteiger partial charge in [-0.25, -0.2) is 8.42 Å². The molecule has 0 fully saturated rings. The highest BCUT2D eigenvalue weighted by atomic mass is 32.2. The number of carboxylic acids is 1. The number of aliphatic carboxylic acids is 1. The van der Waals surface area contributed by atoms with E-state index in [1.54, 1.807) is 0 Å². The summed E-state index contributed by atoms with van der Waals surface area (Å²) in [7, 11) is -2.78. The third-order valence-corrected chi connectivity index (χ3v) is 5.34. The van der Waals surface area contributed by atoms with Gasteiger partial charge in [-0.15, -0.1) is 0 Å². The van der Waals surface area contributed by atoms with Crippen LogP contribution in [-0.4, -0.2) is 31.5 Å². The molecule has 0 saturated carbocycles. The molecule has 0 aromatic heterocycles. The van der Waals surface area contributed by atoms with Crippen LogP contribution >= 0.6 is 0 Å². The lowest BCUT2D eigenvalue weighted by Crippen LogP contribution is -2.02. The van der Waals surface area contributed by atoms with E-state index in [1.807, 2.05) is 0 Å². The van der Waals surface area contributed by atoms with Crippen molar-refractivity contribution in [2.24, 2.45) is 0 Å². The Bertz CT molecular complexity index is 441. The first-order valence-corrected chi connectivity index (χ1v) is 12.0. The van der Waals surface area contributed by atoms with Crippen LogP contribution in [0.3, 0.4) is 0 Å². The van der Waals surface area contributed by atoms with Gasteiger partial charge in [0.1, 0.15) is 9.84 Å². The van der Waals surface area contributed by atoms with Crippen LogP contribution in [0.15, 0.2) is 12.2 Å². The number of hydrogen-bond acceptors (Lipinski definition) is 3. The Kier molecular flexibility index (Phi) is 16.1. The molecule has 0 radical (unpaired) electrons. The molecule has 1 N–H and O–H groups in total. The molecule has 5 heteroatoms. The van der Waals surface area contributed by atoms with Crippen molar-refractivity contribution in [1.29, 1.82) is 0 Å². The zero-order valence-corrected chi connectivity index (χ0v) is 16.9. The fourth-order valence-electron chi connectivity index (χ4n) is 2.81. The molecule has 0 aliphatic rings. The molecule has 0 atom stereocenters. The van der Waals surface area contributed by atoms with Crippen LogP contribution in [0.25, 0.3) is 0 Å². The maximum Gasteiger partial charge on any atom is 0.303 e. The average molecular weight is 375 g/mol. The Morgan fingerprint density at radius 1 is 0.720 bits per heavy atom. The Hall–Kier alpha value is -0.840. The standard InChI is InChI=1S/C20H38O4S/c1-25(23,24)19-17-15-13-11-9-7-5-3-2-4-6-8-10-12-14-16-18-20(21)22/h2,4H,3,5-19H2,1H3,(H,21,22). The second-order valence-electron chi connectivity index (χ2n) is 7.07. The second-order valence-corrected chi connectivity index (χ2v) is 9.32. The van der Waals surface area contributed by atoms with E-state index in [9.17, 15) is 13.2 Å². The molecule has 0 aliphatic carbocycles. The van der Waals surface area contributed by atoms with Gasteiger partial charge < -0.3 is 5.11 Å². The van der Waals surface area contributed by atoms with Crippen LogP contribution in [0.2, 0.25) is 0 Å². The lowest BCUT2D eigenvalue weighted by molar-refractivity contribution is -0.137. The lowest BCUT2D eigenvalue weighted by atomic mass is 10.1. The van der Waals surface area contributed by atoms with Gasteiger partial charge in [-0.05, 0) is 38.5 Å². The monoisotopic (exact) mass is 374 g/mol. The number of carbonyl (C=O) groups is 1. The molecular formula is C20H38O4S. The zero-order chi connectivity index (χ0) is 18.8. The summed E-state index contributed by atoms with van der Waals surface area (Å²) in [5.41, 5.74) is 0. The molecule has 0 amide bonds. The number of hydrogen-bond donors (Lipinski definition) is 1. The first-order chi connectivity index (χ1) is 11.9. The minimum absolute atomic E-state index is 0.306. The molecule has 0 rings (SSSR count). The van der Waals surface area contributed by atoms with Crippen molar-refractivity contribution in [3.63, 3.8) is 0 Å². The maximum atomic E-state index is 11.0. The van der Waals surface area contributed by atoms with Crippen molar-refractivity contribution < 1.29 is 18.3 Å². The summed E-state index contributed by atoms with van der Waals surface area (Å²) in [6.07, 6.45) is 21.8. The summed E-state index contributed by atoms with van der Waals surface area (Å²) in [4.78, 5) is 10.4. The van der Waals surface area contributed by atoms with Crippen molar-refractivity contribution in [3.8, 4) is 0 Å². The molecular weight excluding hydrogens is 336 g/mol. The van der Waals surface area contributed by atoms with E-state index in [-0.39, 0.29) is 0 Å². The SMILES string of the molecule is CS(=O)(=O)CCCCCCCCCC=CCCCCCCCC(=O)O. The lowest BCUT2D eigenvalue weighted by Gasteiger charge is -2.01. The van der Waals surface area contributed by atoms with Crippen LogP contribution in [0.1, 0.15) is 96.3 Å². The Labute approximate surface area is 155 Å². The van der Waals surface area contributed by atoms with Gasteiger partial charge in [-0.3, -0.25) is 4.79 Å². The molecule has 148 valence electrons. The van der Waals surface area contributed by atoms with E-state index in [0.717, 1.165) is 51.4 Å². The molecule has 0 spiro atoms. The molecule has 0 bridgehead atoms. The van der Waals surface area contributed by atoms with Crippen LogP contribution < -0.4 is 0 Å². The van der Waals surface area contributed by atoms with Gasteiger partial charge in [0, 0.05) is 18.4 Å². The van der Waals surface area contributed by atoms with Gasteiger partial charge in [-0.1, -0.05) is 63.5 Å². The smallest absolute Gasteiger partial charge is 0.303 e. The van der Waals surface area contributed by atoms with Crippen LogP contribution in [-0.2, 0) is 14.6 Å². The molecule has 0 aromatic rings. The number of unbranched alkanes of at least 4 members (excludes halogenated alkanes) is 12. The predicted molar refractivity (Wildman–Crippen MR) is 106 cm³/mol. The largest absolute Gasteiger partial charge is 0.481 e. The fourth-order valence-corrected chi connectivity index (χ4v) is 3.54. The van der Waals surface area contributed by atoms with Crippen molar-refractivity contribution in [2.75, 3.05) is 12.0 Å². The van der Waals surface area contributed by atoms with E-state index < -0.39 is 15.8 Å². The van der Waals surface area contributed by atoms with Crippen LogP contribution in [0.4, 0.5) is 0 Å². The highest BCUT2D eigenvalue weighted by Gasteiger charge is 2.00. The number of sulfone groups is 1. The van der Waals surface area contributed by atoms with E-state index >= 15 is 0 Å². The molecule has 0 aromatic carbocycles. The fraction of sp³-hybridized carbons (Fsp3) is 0.850. The topological polar surface area (TPSA) is 71.4 Å². The first-order valence-electron chi connectivity index (χ1n) is 9.96. The Morgan fingerprint density at radius 2 is 1.12 bits per heavy atom. The molecule has 4 nitrogen and oxygen atoms in total. The third-order valence-electron chi connectivity index (χ3n) is 4.31. The molecule has 25 heavy (non-hydrogen) atoms. The number of rotatable bonds is 18. The van der Waals surface area contributed by atoms with Gasteiger partial charge >= 0.3 is 5.97 Å². The summed E-state index contributed by atoms with van der Waals surface area (Å²) >= 11 is 0. The molecule has 0 saturated heterocycles. The summed E-state index contributed by atoms with van der Waals surface area (Å²) in [6.45, 7) is 0. The maximum absolute atomic E-state index is 11.0. The van der Waals surface area contributed by atoms with E-state index in [4.69, 9.17) is 5.11 Å². The normalized spacial score (nSPS) is 12.0. The van der Waals surface area contributed by atoms with E-state index in [0.29, 0.717) is 12.2 Å². The average Bonchev–Trinajstić information content (AvgIpc) is 2.52. The van der Waals surface area contributed by atoms with Crippen LogP contribution in [0.5, 0.6) is 0 Å². The third kappa shape index (κ3) is 23.2. The Morgan fingerprint density at radius 3 is 1.56 bits per heavy atom. The molecule has 0 unspecified atom stereocenters. The van der Waals surface area contributed by atoms with Crippen molar-refractivity contribution in [3.05, 3.63) is 12.2 Å². The van der Waals surface area contributed by atoms with Gasteiger partial charge in [0.15, 0.2) is 0 Å².